The molecule has 2 aromatic heterocycles. The zero-order valence-corrected chi connectivity index (χ0v) is 9.03. The molecule has 2 rings (SSSR count). The highest BCUT2D eigenvalue weighted by atomic mass is 19.1. The van der Waals surface area contributed by atoms with E-state index in [0.29, 0.717) is 13.1 Å². The number of hydrogen-bond donors (Lipinski definition) is 1. The summed E-state index contributed by atoms with van der Waals surface area (Å²) in [6.07, 6.45) is 5.47. The van der Waals surface area contributed by atoms with Crippen LogP contribution >= 0.6 is 0 Å². The fraction of sp³-hybridized carbons (Fsp3) is 0.167. The Morgan fingerprint density at radius 2 is 1.29 bits per heavy atom. The molecule has 5 heteroatoms. The van der Waals surface area contributed by atoms with Crippen LogP contribution < -0.4 is 5.32 Å². The van der Waals surface area contributed by atoms with E-state index < -0.39 is 0 Å². The number of aromatic nitrogens is 2. The van der Waals surface area contributed by atoms with Crippen molar-refractivity contribution in [3.05, 3.63) is 59.7 Å². The van der Waals surface area contributed by atoms with Crippen LogP contribution in [-0.4, -0.2) is 9.97 Å². The molecular formula is C12H11F2N3. The van der Waals surface area contributed by atoms with Crippen LogP contribution in [-0.2, 0) is 13.1 Å². The molecule has 0 bridgehead atoms. The number of nitrogens with one attached hydrogen (secondary N) is 1. The molecule has 0 amide bonds. The summed E-state index contributed by atoms with van der Waals surface area (Å²) in [5.74, 6) is -0.728. The Balaban J connectivity index is 1.87. The Morgan fingerprint density at radius 1 is 0.824 bits per heavy atom. The van der Waals surface area contributed by atoms with Gasteiger partial charge in [0.2, 0.25) is 0 Å². The van der Waals surface area contributed by atoms with Gasteiger partial charge in [-0.15, -0.1) is 0 Å². The molecule has 88 valence electrons. The first kappa shape index (κ1) is 11.6. The lowest BCUT2D eigenvalue weighted by molar-refractivity contribution is 0.607. The molecule has 0 spiro atoms. The number of halogens is 2. The van der Waals surface area contributed by atoms with E-state index >= 15 is 0 Å². The van der Waals surface area contributed by atoms with Gasteiger partial charge in [0, 0.05) is 25.5 Å². The van der Waals surface area contributed by atoms with Crippen LogP contribution in [0, 0.1) is 11.6 Å². The highest BCUT2D eigenvalue weighted by Crippen LogP contribution is 2.03. The van der Waals surface area contributed by atoms with Crippen LogP contribution in [0.4, 0.5) is 8.78 Å². The van der Waals surface area contributed by atoms with E-state index in [4.69, 9.17) is 0 Å². The van der Waals surface area contributed by atoms with Gasteiger partial charge in [0.1, 0.15) is 11.6 Å². The average Bonchev–Trinajstić information content (AvgIpc) is 2.29. The van der Waals surface area contributed by atoms with Crippen LogP contribution in [0.5, 0.6) is 0 Å². The summed E-state index contributed by atoms with van der Waals surface area (Å²) in [6.45, 7) is 0.947. The number of pyridine rings is 2. The van der Waals surface area contributed by atoms with Crippen molar-refractivity contribution in [1.29, 1.82) is 0 Å². The lowest BCUT2D eigenvalue weighted by Crippen LogP contribution is -2.13. The second-order valence-electron chi connectivity index (χ2n) is 3.63. The first-order valence-electron chi connectivity index (χ1n) is 5.13. The van der Waals surface area contributed by atoms with Crippen molar-refractivity contribution < 1.29 is 8.78 Å². The predicted molar refractivity (Wildman–Crippen MR) is 58.9 cm³/mol. The Bertz CT molecular complexity index is 457. The normalized spacial score (nSPS) is 10.5. The number of hydrogen-bond acceptors (Lipinski definition) is 3. The Morgan fingerprint density at radius 3 is 1.71 bits per heavy atom. The molecule has 0 aliphatic rings. The van der Waals surface area contributed by atoms with E-state index in [2.05, 4.69) is 15.3 Å². The van der Waals surface area contributed by atoms with Gasteiger partial charge in [0.15, 0.2) is 0 Å². The average molecular weight is 235 g/mol. The van der Waals surface area contributed by atoms with Crippen molar-refractivity contribution in [2.24, 2.45) is 0 Å². The molecule has 0 aliphatic carbocycles. The molecule has 0 unspecified atom stereocenters. The molecule has 2 heterocycles. The molecule has 0 radical (unpaired) electrons. The Kier molecular flexibility index (Phi) is 3.72. The van der Waals surface area contributed by atoms with Gasteiger partial charge in [0.25, 0.3) is 0 Å². The van der Waals surface area contributed by atoms with Gasteiger partial charge in [0.05, 0.1) is 12.4 Å². The molecule has 0 aromatic carbocycles. The number of nitrogens with zero attached hydrogens (tertiary/aromatic N) is 2. The monoisotopic (exact) mass is 235 g/mol. The summed E-state index contributed by atoms with van der Waals surface area (Å²) in [4.78, 5) is 7.47. The van der Waals surface area contributed by atoms with Crippen LogP contribution in [0.1, 0.15) is 11.1 Å². The molecule has 0 saturated heterocycles. The molecule has 0 saturated carbocycles. The van der Waals surface area contributed by atoms with E-state index in [1.807, 2.05) is 0 Å². The van der Waals surface area contributed by atoms with Crippen molar-refractivity contribution in [2.75, 3.05) is 0 Å². The van der Waals surface area contributed by atoms with Crippen LogP contribution in [0.3, 0.4) is 0 Å². The minimum absolute atomic E-state index is 0.364. The third kappa shape index (κ3) is 3.57. The fourth-order valence-corrected chi connectivity index (χ4v) is 1.46. The summed E-state index contributed by atoms with van der Waals surface area (Å²) in [5.41, 5.74) is 1.49. The van der Waals surface area contributed by atoms with Gasteiger partial charge < -0.3 is 5.32 Å². The zero-order valence-electron chi connectivity index (χ0n) is 9.03. The number of rotatable bonds is 4. The van der Waals surface area contributed by atoms with Gasteiger partial charge in [-0.3, -0.25) is 9.97 Å². The van der Waals surface area contributed by atoms with Crippen LogP contribution in [0.15, 0.2) is 36.9 Å². The van der Waals surface area contributed by atoms with Gasteiger partial charge in [-0.05, 0) is 23.3 Å². The van der Waals surface area contributed by atoms with Gasteiger partial charge in [-0.1, -0.05) is 0 Å². The van der Waals surface area contributed by atoms with E-state index in [0.717, 1.165) is 23.5 Å². The van der Waals surface area contributed by atoms with Crippen molar-refractivity contribution in [1.82, 2.24) is 15.3 Å². The maximum atomic E-state index is 12.8. The van der Waals surface area contributed by atoms with Crippen molar-refractivity contribution in [3.63, 3.8) is 0 Å². The third-order valence-electron chi connectivity index (χ3n) is 2.18. The van der Waals surface area contributed by atoms with Crippen LogP contribution in [0.25, 0.3) is 0 Å². The smallest absolute Gasteiger partial charge is 0.141 e. The topological polar surface area (TPSA) is 37.8 Å². The standard InChI is InChI=1S/C12H11F2N3/c13-11-1-9(5-16-7-11)3-15-4-10-2-12(14)8-17-6-10/h1-2,5-8,15H,3-4H2. The molecule has 3 nitrogen and oxygen atoms in total. The highest BCUT2D eigenvalue weighted by Gasteiger charge is 1.98. The third-order valence-corrected chi connectivity index (χ3v) is 2.18. The Labute approximate surface area is 97.5 Å². The maximum absolute atomic E-state index is 12.8. The minimum Gasteiger partial charge on any atom is -0.309 e. The summed E-state index contributed by atoms with van der Waals surface area (Å²) < 4.78 is 25.6. The largest absolute Gasteiger partial charge is 0.309 e. The van der Waals surface area contributed by atoms with E-state index in [-0.39, 0.29) is 11.6 Å². The lowest BCUT2D eigenvalue weighted by Gasteiger charge is -2.04. The quantitative estimate of drug-likeness (QED) is 0.881. The Hall–Kier alpha value is -1.88. The van der Waals surface area contributed by atoms with Gasteiger partial charge >= 0.3 is 0 Å². The first-order chi connectivity index (χ1) is 8.24. The maximum Gasteiger partial charge on any atom is 0.141 e. The minimum atomic E-state index is -0.364. The van der Waals surface area contributed by atoms with E-state index in [1.54, 1.807) is 12.4 Å². The lowest BCUT2D eigenvalue weighted by atomic mass is 10.2. The molecule has 1 N–H and O–H groups in total. The SMILES string of the molecule is Fc1cncc(CNCc2cncc(F)c2)c1. The molecule has 0 aliphatic heterocycles. The second-order valence-corrected chi connectivity index (χ2v) is 3.63. The van der Waals surface area contributed by atoms with Crippen molar-refractivity contribution in [2.45, 2.75) is 13.1 Å². The van der Waals surface area contributed by atoms with Gasteiger partial charge in [-0.2, -0.15) is 0 Å². The highest BCUT2D eigenvalue weighted by molar-refractivity contribution is 5.12. The summed E-state index contributed by atoms with van der Waals surface area (Å²) in [6, 6.07) is 2.81. The van der Waals surface area contributed by atoms with E-state index in [1.165, 1.54) is 12.1 Å². The van der Waals surface area contributed by atoms with Crippen molar-refractivity contribution in [3.8, 4) is 0 Å². The molecular weight excluding hydrogens is 224 g/mol. The molecule has 0 atom stereocenters. The molecule has 2 aromatic rings. The summed E-state index contributed by atoms with van der Waals surface area (Å²) in [5, 5.41) is 3.06. The van der Waals surface area contributed by atoms with Crippen LogP contribution in [0.2, 0.25) is 0 Å². The summed E-state index contributed by atoms with van der Waals surface area (Å²) >= 11 is 0. The summed E-state index contributed by atoms with van der Waals surface area (Å²) in [7, 11) is 0. The fourth-order valence-electron chi connectivity index (χ4n) is 1.46. The van der Waals surface area contributed by atoms with Gasteiger partial charge in [-0.25, -0.2) is 8.78 Å². The zero-order chi connectivity index (χ0) is 12.1. The van der Waals surface area contributed by atoms with E-state index in [9.17, 15) is 8.78 Å². The first-order valence-corrected chi connectivity index (χ1v) is 5.13. The molecule has 17 heavy (non-hydrogen) atoms. The predicted octanol–water partition coefficient (Wildman–Crippen LogP) is 2.04. The molecule has 0 fully saturated rings. The van der Waals surface area contributed by atoms with Crippen molar-refractivity contribution >= 4 is 0 Å². The second kappa shape index (κ2) is 5.45.